The molecule has 1 saturated carbocycles. The molecule has 1 aliphatic heterocycles. The molecule has 1 amide bonds. The van der Waals surface area contributed by atoms with Crippen molar-refractivity contribution in [1.29, 1.82) is 0 Å². The van der Waals surface area contributed by atoms with E-state index in [9.17, 15) is 4.79 Å². The minimum atomic E-state index is -0.414. The molecule has 1 aliphatic carbocycles. The maximum absolute atomic E-state index is 12.1. The van der Waals surface area contributed by atoms with Gasteiger partial charge in [0.2, 0.25) is 0 Å². The Labute approximate surface area is 128 Å². The molecule has 1 N–H and O–H groups in total. The highest BCUT2D eigenvalue weighted by Gasteiger charge is 2.24. The number of rotatable bonds is 4. The standard InChI is InChI=1S/C17H30N2O2/c1-17(2,3)21-16(20)19-12-6-7-14(13-19)10-11-18-15-8-4-5-9-15/h7,15,18H,4-6,8-13H2,1-3H3. The van der Waals surface area contributed by atoms with Crippen LogP contribution in [0, 0.1) is 0 Å². The predicted octanol–water partition coefficient (Wildman–Crippen LogP) is 3.48. The van der Waals surface area contributed by atoms with Crippen molar-refractivity contribution in [2.24, 2.45) is 0 Å². The van der Waals surface area contributed by atoms with Crippen LogP contribution in [0.2, 0.25) is 0 Å². The summed E-state index contributed by atoms with van der Waals surface area (Å²) in [6.07, 6.45) is 9.47. The second-order valence-electron chi connectivity index (χ2n) is 7.24. The van der Waals surface area contributed by atoms with Gasteiger partial charge in [-0.3, -0.25) is 0 Å². The summed E-state index contributed by atoms with van der Waals surface area (Å²) >= 11 is 0. The molecule has 0 saturated heterocycles. The average Bonchev–Trinajstić information content (AvgIpc) is 2.90. The third kappa shape index (κ3) is 5.70. The van der Waals surface area contributed by atoms with Crippen molar-refractivity contribution in [3.05, 3.63) is 11.6 Å². The fourth-order valence-corrected chi connectivity index (χ4v) is 3.04. The Morgan fingerprint density at radius 3 is 2.76 bits per heavy atom. The maximum Gasteiger partial charge on any atom is 0.410 e. The summed E-state index contributed by atoms with van der Waals surface area (Å²) in [6, 6.07) is 0.719. The van der Waals surface area contributed by atoms with Crippen LogP contribution in [-0.4, -0.2) is 42.3 Å². The number of ether oxygens (including phenoxy) is 1. The Hall–Kier alpha value is -1.03. The van der Waals surface area contributed by atoms with E-state index >= 15 is 0 Å². The summed E-state index contributed by atoms with van der Waals surface area (Å²) in [5.74, 6) is 0. The molecule has 0 atom stereocenters. The van der Waals surface area contributed by atoms with Crippen LogP contribution in [0.4, 0.5) is 4.79 Å². The number of carbonyl (C=O) groups excluding carboxylic acids is 1. The number of hydrogen-bond donors (Lipinski definition) is 1. The molecule has 2 rings (SSSR count). The Morgan fingerprint density at radius 2 is 2.10 bits per heavy atom. The second kappa shape index (κ2) is 7.30. The normalized spacial score (nSPS) is 20.5. The first-order chi connectivity index (χ1) is 9.94. The zero-order valence-corrected chi connectivity index (χ0v) is 13.8. The quantitative estimate of drug-likeness (QED) is 0.807. The zero-order chi connectivity index (χ0) is 15.3. The lowest BCUT2D eigenvalue weighted by Crippen LogP contribution is -2.40. The van der Waals surface area contributed by atoms with Crippen LogP contribution in [0.25, 0.3) is 0 Å². The van der Waals surface area contributed by atoms with Gasteiger partial charge >= 0.3 is 6.09 Å². The second-order valence-corrected chi connectivity index (χ2v) is 7.24. The highest BCUT2D eigenvalue weighted by molar-refractivity contribution is 5.68. The number of nitrogens with one attached hydrogen (secondary N) is 1. The van der Waals surface area contributed by atoms with Crippen molar-refractivity contribution in [2.45, 2.75) is 70.9 Å². The van der Waals surface area contributed by atoms with E-state index in [0.29, 0.717) is 0 Å². The maximum atomic E-state index is 12.1. The number of hydrogen-bond acceptors (Lipinski definition) is 3. The van der Waals surface area contributed by atoms with E-state index in [1.807, 2.05) is 25.7 Å². The van der Waals surface area contributed by atoms with Gasteiger partial charge in [0, 0.05) is 19.1 Å². The molecule has 0 aromatic rings. The van der Waals surface area contributed by atoms with Crippen molar-refractivity contribution in [3.63, 3.8) is 0 Å². The fraction of sp³-hybridized carbons (Fsp3) is 0.824. The molecule has 0 radical (unpaired) electrons. The number of amides is 1. The Balaban J connectivity index is 1.72. The van der Waals surface area contributed by atoms with Gasteiger partial charge in [-0.1, -0.05) is 24.5 Å². The van der Waals surface area contributed by atoms with Crippen LogP contribution in [-0.2, 0) is 4.74 Å². The zero-order valence-electron chi connectivity index (χ0n) is 13.8. The topological polar surface area (TPSA) is 41.6 Å². The smallest absolute Gasteiger partial charge is 0.410 e. The lowest BCUT2D eigenvalue weighted by Gasteiger charge is -2.30. The molecule has 0 spiro atoms. The molecule has 0 bridgehead atoms. The van der Waals surface area contributed by atoms with Crippen LogP contribution >= 0.6 is 0 Å². The minimum Gasteiger partial charge on any atom is -0.444 e. The summed E-state index contributed by atoms with van der Waals surface area (Å²) < 4.78 is 5.46. The summed E-state index contributed by atoms with van der Waals surface area (Å²) in [5.41, 5.74) is 0.945. The van der Waals surface area contributed by atoms with Crippen LogP contribution < -0.4 is 5.32 Å². The summed E-state index contributed by atoms with van der Waals surface area (Å²) in [4.78, 5) is 13.9. The lowest BCUT2D eigenvalue weighted by molar-refractivity contribution is 0.0261. The van der Waals surface area contributed by atoms with Gasteiger partial charge in [0.25, 0.3) is 0 Å². The molecule has 1 fully saturated rings. The van der Waals surface area contributed by atoms with Crippen molar-refractivity contribution in [2.75, 3.05) is 19.6 Å². The van der Waals surface area contributed by atoms with E-state index in [1.54, 1.807) is 0 Å². The van der Waals surface area contributed by atoms with Gasteiger partial charge in [-0.05, 0) is 53.0 Å². The molecule has 4 heteroatoms. The Bertz CT molecular complexity index is 379. The molecule has 2 aliphatic rings. The first-order valence-corrected chi connectivity index (χ1v) is 8.33. The van der Waals surface area contributed by atoms with E-state index < -0.39 is 5.60 Å². The van der Waals surface area contributed by atoms with Crippen molar-refractivity contribution >= 4 is 6.09 Å². The first kappa shape index (κ1) is 16.3. The first-order valence-electron chi connectivity index (χ1n) is 8.33. The van der Waals surface area contributed by atoms with Crippen molar-refractivity contribution in [1.82, 2.24) is 10.2 Å². The van der Waals surface area contributed by atoms with Crippen LogP contribution in [0.5, 0.6) is 0 Å². The SMILES string of the molecule is CC(C)(C)OC(=O)N1CCC=C(CCNC2CCCC2)C1. The largest absolute Gasteiger partial charge is 0.444 e. The molecule has 1 heterocycles. The molecule has 0 unspecified atom stereocenters. The molecule has 4 nitrogen and oxygen atoms in total. The van der Waals surface area contributed by atoms with Gasteiger partial charge in [0.05, 0.1) is 0 Å². The van der Waals surface area contributed by atoms with E-state index in [2.05, 4.69) is 11.4 Å². The van der Waals surface area contributed by atoms with Crippen molar-refractivity contribution in [3.8, 4) is 0 Å². The van der Waals surface area contributed by atoms with E-state index in [4.69, 9.17) is 4.74 Å². The van der Waals surface area contributed by atoms with Crippen LogP contribution in [0.3, 0.4) is 0 Å². The molecule has 0 aromatic carbocycles. The van der Waals surface area contributed by atoms with E-state index in [-0.39, 0.29) is 6.09 Å². The summed E-state index contributed by atoms with van der Waals surface area (Å²) in [5, 5.41) is 3.64. The van der Waals surface area contributed by atoms with Crippen LogP contribution in [0.1, 0.15) is 59.3 Å². The molecular formula is C17H30N2O2. The predicted molar refractivity (Wildman–Crippen MR) is 85.4 cm³/mol. The Morgan fingerprint density at radius 1 is 1.38 bits per heavy atom. The summed E-state index contributed by atoms with van der Waals surface area (Å²) in [7, 11) is 0. The number of nitrogens with zero attached hydrogens (tertiary/aromatic N) is 1. The fourth-order valence-electron chi connectivity index (χ4n) is 3.04. The van der Waals surface area contributed by atoms with Gasteiger partial charge in [-0.2, -0.15) is 0 Å². The number of carbonyl (C=O) groups is 1. The minimum absolute atomic E-state index is 0.183. The Kier molecular flexibility index (Phi) is 5.68. The molecule has 0 aromatic heterocycles. The third-order valence-electron chi connectivity index (χ3n) is 4.11. The van der Waals surface area contributed by atoms with E-state index in [1.165, 1.54) is 31.3 Å². The molecular weight excluding hydrogens is 264 g/mol. The summed E-state index contributed by atoms with van der Waals surface area (Å²) in [6.45, 7) is 8.26. The average molecular weight is 294 g/mol. The van der Waals surface area contributed by atoms with Crippen molar-refractivity contribution < 1.29 is 9.53 Å². The van der Waals surface area contributed by atoms with Gasteiger partial charge in [-0.25, -0.2) is 4.79 Å². The van der Waals surface area contributed by atoms with E-state index in [0.717, 1.165) is 38.5 Å². The molecule has 21 heavy (non-hydrogen) atoms. The van der Waals surface area contributed by atoms with Crippen LogP contribution in [0.15, 0.2) is 11.6 Å². The highest BCUT2D eigenvalue weighted by Crippen LogP contribution is 2.19. The van der Waals surface area contributed by atoms with Gasteiger partial charge in [0.1, 0.15) is 5.60 Å². The lowest BCUT2D eigenvalue weighted by atomic mass is 10.1. The van der Waals surface area contributed by atoms with Gasteiger partial charge in [0.15, 0.2) is 0 Å². The monoisotopic (exact) mass is 294 g/mol. The van der Waals surface area contributed by atoms with Gasteiger partial charge in [-0.15, -0.1) is 0 Å². The van der Waals surface area contributed by atoms with Gasteiger partial charge < -0.3 is 15.0 Å². The molecule has 120 valence electrons. The highest BCUT2D eigenvalue weighted by atomic mass is 16.6. The third-order valence-corrected chi connectivity index (χ3v) is 4.11.